The number of piperazine rings is 1. The zero-order chi connectivity index (χ0) is 13.4. The topological polar surface area (TPSA) is 53.4 Å². The summed E-state index contributed by atoms with van der Waals surface area (Å²) >= 11 is 0. The lowest BCUT2D eigenvalue weighted by molar-refractivity contribution is 0.0528. The second-order valence-electron chi connectivity index (χ2n) is 5.53. The summed E-state index contributed by atoms with van der Waals surface area (Å²) in [5, 5.41) is 3.23. The van der Waals surface area contributed by atoms with E-state index in [4.69, 9.17) is 0 Å². The van der Waals surface area contributed by atoms with Gasteiger partial charge in [0.05, 0.1) is 0 Å². The molecule has 6 heteroatoms. The zero-order valence-corrected chi connectivity index (χ0v) is 11.6. The summed E-state index contributed by atoms with van der Waals surface area (Å²) < 4.78 is 2.04. The molecule has 3 heterocycles. The number of likely N-dealkylation sites (N-methyl/N-ethyl adjacent to an activating group) is 1. The van der Waals surface area contributed by atoms with Gasteiger partial charge in [0.25, 0.3) is 5.91 Å². The van der Waals surface area contributed by atoms with E-state index in [0.29, 0.717) is 5.69 Å². The van der Waals surface area contributed by atoms with Crippen molar-refractivity contribution in [3.63, 3.8) is 0 Å². The summed E-state index contributed by atoms with van der Waals surface area (Å²) in [5.41, 5.74) is 0.570. The van der Waals surface area contributed by atoms with Gasteiger partial charge in [0, 0.05) is 45.0 Å². The molecule has 6 nitrogen and oxygen atoms in total. The molecular formula is C13H21N5O. The van der Waals surface area contributed by atoms with Crippen LogP contribution in [0.5, 0.6) is 0 Å². The van der Waals surface area contributed by atoms with Crippen molar-refractivity contribution in [2.24, 2.45) is 0 Å². The molecule has 0 aromatic carbocycles. The van der Waals surface area contributed by atoms with Crippen LogP contribution in [-0.4, -0.2) is 64.5 Å². The van der Waals surface area contributed by atoms with Crippen molar-refractivity contribution in [1.29, 1.82) is 0 Å². The number of imidazole rings is 1. The van der Waals surface area contributed by atoms with Crippen molar-refractivity contribution < 1.29 is 4.79 Å². The normalized spacial score (nSPS) is 23.9. The fraction of sp³-hybridized carbons (Fsp3) is 0.692. The van der Waals surface area contributed by atoms with Crippen LogP contribution in [-0.2, 0) is 6.54 Å². The molecule has 0 saturated carbocycles. The number of nitrogens with one attached hydrogen (secondary N) is 1. The van der Waals surface area contributed by atoms with E-state index < -0.39 is 0 Å². The maximum absolute atomic E-state index is 12.5. The van der Waals surface area contributed by atoms with Gasteiger partial charge in [0.1, 0.15) is 5.69 Å². The number of carbonyl (C=O) groups excluding carboxylic acids is 1. The number of rotatable bonds is 1. The molecule has 0 aliphatic carbocycles. The van der Waals surface area contributed by atoms with Gasteiger partial charge in [-0.1, -0.05) is 0 Å². The molecular weight excluding hydrogens is 242 g/mol. The number of anilines is 1. The van der Waals surface area contributed by atoms with E-state index in [1.807, 2.05) is 15.7 Å². The van der Waals surface area contributed by atoms with E-state index >= 15 is 0 Å². The van der Waals surface area contributed by atoms with E-state index in [2.05, 4.69) is 29.2 Å². The zero-order valence-electron chi connectivity index (χ0n) is 11.6. The Hall–Kier alpha value is -1.56. The van der Waals surface area contributed by atoms with Crippen LogP contribution in [0.1, 0.15) is 23.8 Å². The van der Waals surface area contributed by atoms with Gasteiger partial charge in [-0.2, -0.15) is 0 Å². The average molecular weight is 263 g/mol. The summed E-state index contributed by atoms with van der Waals surface area (Å²) in [5.74, 6) is 0.890. The lowest BCUT2D eigenvalue weighted by Gasteiger charge is -2.37. The van der Waals surface area contributed by atoms with Crippen LogP contribution >= 0.6 is 0 Å². The summed E-state index contributed by atoms with van der Waals surface area (Å²) in [7, 11) is 2.09. The minimum atomic E-state index is 0.0595. The van der Waals surface area contributed by atoms with E-state index in [-0.39, 0.29) is 11.9 Å². The van der Waals surface area contributed by atoms with Crippen LogP contribution in [0.25, 0.3) is 0 Å². The van der Waals surface area contributed by atoms with Crippen LogP contribution < -0.4 is 5.32 Å². The van der Waals surface area contributed by atoms with Crippen molar-refractivity contribution in [3.05, 3.63) is 11.9 Å². The minimum absolute atomic E-state index is 0.0595. The Morgan fingerprint density at radius 1 is 1.42 bits per heavy atom. The monoisotopic (exact) mass is 263 g/mol. The molecule has 1 N–H and O–H groups in total. The summed E-state index contributed by atoms with van der Waals surface area (Å²) in [6.07, 6.45) is 2.97. The summed E-state index contributed by atoms with van der Waals surface area (Å²) in [6, 6.07) is 0.248. The lowest BCUT2D eigenvalue weighted by atomic mass is 10.2. The fourth-order valence-electron chi connectivity index (χ4n) is 2.87. The number of hydrogen-bond acceptors (Lipinski definition) is 4. The molecule has 2 aliphatic heterocycles. The maximum atomic E-state index is 12.5. The molecule has 19 heavy (non-hydrogen) atoms. The number of fused-ring (bicyclic) bond motifs is 1. The van der Waals surface area contributed by atoms with Gasteiger partial charge in [0.2, 0.25) is 5.95 Å². The second kappa shape index (κ2) is 4.85. The van der Waals surface area contributed by atoms with Crippen LogP contribution in [0.2, 0.25) is 0 Å². The SMILES string of the molecule is CC1CN(C)CCN1C(=O)c1cn2c(n1)NCCC2. The predicted molar refractivity (Wildman–Crippen MR) is 73.3 cm³/mol. The fourth-order valence-corrected chi connectivity index (χ4v) is 2.87. The average Bonchev–Trinajstić information content (AvgIpc) is 2.81. The van der Waals surface area contributed by atoms with Gasteiger partial charge in [-0.25, -0.2) is 4.98 Å². The Morgan fingerprint density at radius 3 is 3.00 bits per heavy atom. The standard InChI is InChI=1S/C13H21N5O/c1-10-8-16(2)6-7-18(10)12(19)11-9-17-5-3-4-14-13(17)15-11/h9-10H,3-8H2,1-2H3,(H,14,15). The van der Waals surface area contributed by atoms with E-state index in [1.54, 1.807) is 0 Å². The van der Waals surface area contributed by atoms with Gasteiger partial charge >= 0.3 is 0 Å². The van der Waals surface area contributed by atoms with Crippen molar-refractivity contribution in [2.75, 3.05) is 38.5 Å². The Balaban J connectivity index is 1.78. The molecule has 0 bridgehead atoms. The quantitative estimate of drug-likeness (QED) is 0.800. The summed E-state index contributed by atoms with van der Waals surface area (Å²) in [4.78, 5) is 21.2. The second-order valence-corrected chi connectivity index (χ2v) is 5.53. The number of aryl methyl sites for hydroxylation is 1. The molecule has 1 amide bonds. The Kier molecular flexibility index (Phi) is 3.18. The predicted octanol–water partition coefficient (Wildman–Crippen LogP) is 0.475. The molecule has 1 aromatic heterocycles. The van der Waals surface area contributed by atoms with Gasteiger partial charge in [-0.05, 0) is 20.4 Å². The number of amides is 1. The van der Waals surface area contributed by atoms with E-state index in [9.17, 15) is 4.79 Å². The molecule has 3 rings (SSSR count). The lowest BCUT2D eigenvalue weighted by Crippen LogP contribution is -2.52. The third-order valence-corrected chi connectivity index (χ3v) is 3.95. The van der Waals surface area contributed by atoms with Crippen LogP contribution in [0, 0.1) is 0 Å². The van der Waals surface area contributed by atoms with E-state index in [1.165, 1.54) is 0 Å². The number of nitrogens with zero attached hydrogens (tertiary/aromatic N) is 4. The largest absolute Gasteiger partial charge is 0.356 e. The number of aromatic nitrogens is 2. The Labute approximate surface area is 113 Å². The smallest absolute Gasteiger partial charge is 0.274 e. The Bertz CT molecular complexity index is 460. The van der Waals surface area contributed by atoms with Gasteiger partial charge in [0.15, 0.2) is 0 Å². The first-order valence-electron chi connectivity index (χ1n) is 6.95. The molecule has 2 aliphatic rings. The van der Waals surface area contributed by atoms with Crippen LogP contribution in [0.4, 0.5) is 5.95 Å². The first-order chi connectivity index (χ1) is 9.15. The highest BCUT2D eigenvalue weighted by Gasteiger charge is 2.28. The number of carbonyl (C=O) groups is 1. The first-order valence-corrected chi connectivity index (χ1v) is 6.95. The van der Waals surface area contributed by atoms with Crippen LogP contribution in [0.15, 0.2) is 6.20 Å². The molecule has 1 unspecified atom stereocenters. The van der Waals surface area contributed by atoms with Gasteiger partial charge < -0.3 is 19.7 Å². The molecule has 1 fully saturated rings. The molecule has 1 aromatic rings. The molecule has 0 radical (unpaired) electrons. The molecule has 1 saturated heterocycles. The first kappa shape index (κ1) is 12.5. The molecule has 104 valence electrons. The van der Waals surface area contributed by atoms with Crippen molar-refractivity contribution in [2.45, 2.75) is 25.9 Å². The Morgan fingerprint density at radius 2 is 2.26 bits per heavy atom. The van der Waals surface area contributed by atoms with Crippen molar-refractivity contribution in [1.82, 2.24) is 19.4 Å². The van der Waals surface area contributed by atoms with Crippen LogP contribution in [0.3, 0.4) is 0 Å². The third-order valence-electron chi connectivity index (χ3n) is 3.95. The van der Waals surface area contributed by atoms with Crippen molar-refractivity contribution in [3.8, 4) is 0 Å². The maximum Gasteiger partial charge on any atom is 0.274 e. The van der Waals surface area contributed by atoms with E-state index in [0.717, 1.165) is 45.1 Å². The molecule has 0 spiro atoms. The third kappa shape index (κ3) is 2.32. The summed E-state index contributed by atoms with van der Waals surface area (Å²) in [6.45, 7) is 6.63. The molecule has 1 atom stereocenters. The van der Waals surface area contributed by atoms with Crippen molar-refractivity contribution >= 4 is 11.9 Å². The van der Waals surface area contributed by atoms with Gasteiger partial charge in [-0.15, -0.1) is 0 Å². The highest BCUT2D eigenvalue weighted by molar-refractivity contribution is 5.93. The minimum Gasteiger partial charge on any atom is -0.356 e. The number of hydrogen-bond donors (Lipinski definition) is 1. The van der Waals surface area contributed by atoms with Gasteiger partial charge in [-0.3, -0.25) is 4.79 Å². The highest BCUT2D eigenvalue weighted by atomic mass is 16.2. The highest BCUT2D eigenvalue weighted by Crippen LogP contribution is 2.17.